The van der Waals surface area contributed by atoms with Gasteiger partial charge in [-0.3, -0.25) is 0 Å². The number of phenols is 3. The summed E-state index contributed by atoms with van der Waals surface area (Å²) in [5.41, 5.74) is 0. The van der Waals surface area contributed by atoms with Crippen molar-refractivity contribution in [3.63, 3.8) is 0 Å². The number of rotatable bonds is 0. The summed E-state index contributed by atoms with van der Waals surface area (Å²) in [6, 6.07) is 7.02. The van der Waals surface area contributed by atoms with Gasteiger partial charge in [0.2, 0.25) is 5.75 Å². The largest absolute Gasteiger partial charge is 0.504 e. The third-order valence-corrected chi connectivity index (χ3v) is 3.17. The Morgan fingerprint density at radius 2 is 1.36 bits per heavy atom. The van der Waals surface area contributed by atoms with Crippen molar-refractivity contribution in [3.8, 4) is 17.2 Å². The molecule has 0 aliphatic rings. The van der Waals surface area contributed by atoms with E-state index in [9.17, 15) is 15.3 Å². The van der Waals surface area contributed by atoms with Crippen LogP contribution in [-0.2, 0) is 0 Å². The Balaban J connectivity index is 3.02. The smallest absolute Gasteiger partial charge is 0.202 e. The number of hydrogen-bond donors (Lipinski definition) is 3. The Kier molecular flexibility index (Phi) is 2.14. The SMILES string of the molecule is Oc1c(O)c(I)c2ccccc2c1O. The molecule has 0 aromatic heterocycles. The van der Waals surface area contributed by atoms with Crippen LogP contribution in [0, 0.1) is 3.57 Å². The molecule has 72 valence electrons. The third kappa shape index (κ3) is 1.18. The molecular formula is C10H7IO3. The first kappa shape index (κ1) is 9.39. The van der Waals surface area contributed by atoms with Crippen molar-refractivity contribution in [2.75, 3.05) is 0 Å². The van der Waals surface area contributed by atoms with Crippen molar-refractivity contribution in [2.24, 2.45) is 0 Å². The van der Waals surface area contributed by atoms with E-state index in [4.69, 9.17) is 0 Å². The highest BCUT2D eigenvalue weighted by Gasteiger charge is 2.15. The molecule has 0 atom stereocenters. The molecule has 0 radical (unpaired) electrons. The Morgan fingerprint density at radius 3 is 2.00 bits per heavy atom. The molecule has 0 amide bonds. The van der Waals surface area contributed by atoms with Crippen LogP contribution in [0.2, 0.25) is 0 Å². The Morgan fingerprint density at radius 1 is 0.786 bits per heavy atom. The minimum Gasteiger partial charge on any atom is -0.504 e. The molecule has 4 heteroatoms. The van der Waals surface area contributed by atoms with E-state index in [2.05, 4.69) is 0 Å². The molecule has 0 bridgehead atoms. The van der Waals surface area contributed by atoms with Gasteiger partial charge in [0.15, 0.2) is 11.5 Å². The Hall–Kier alpha value is -1.17. The van der Waals surface area contributed by atoms with Gasteiger partial charge in [-0.05, 0) is 22.6 Å². The molecular weight excluding hydrogens is 295 g/mol. The van der Waals surface area contributed by atoms with Gasteiger partial charge in [-0.15, -0.1) is 0 Å². The van der Waals surface area contributed by atoms with Gasteiger partial charge in [-0.2, -0.15) is 0 Å². The van der Waals surface area contributed by atoms with E-state index < -0.39 is 5.75 Å². The minimum atomic E-state index is -0.465. The highest BCUT2D eigenvalue weighted by molar-refractivity contribution is 14.1. The van der Waals surface area contributed by atoms with E-state index in [1.54, 1.807) is 24.3 Å². The lowest BCUT2D eigenvalue weighted by Gasteiger charge is -2.08. The molecule has 3 N–H and O–H groups in total. The number of fused-ring (bicyclic) bond motifs is 1. The van der Waals surface area contributed by atoms with Gasteiger partial charge < -0.3 is 15.3 Å². The van der Waals surface area contributed by atoms with Crippen LogP contribution in [0.3, 0.4) is 0 Å². The Labute approximate surface area is 93.8 Å². The highest BCUT2D eigenvalue weighted by atomic mass is 127. The lowest BCUT2D eigenvalue weighted by atomic mass is 10.1. The van der Waals surface area contributed by atoms with Gasteiger partial charge in [0.25, 0.3) is 0 Å². The molecule has 0 aliphatic carbocycles. The van der Waals surface area contributed by atoms with Crippen LogP contribution in [0.25, 0.3) is 10.8 Å². The van der Waals surface area contributed by atoms with E-state index in [0.29, 0.717) is 8.96 Å². The van der Waals surface area contributed by atoms with E-state index in [0.717, 1.165) is 5.39 Å². The number of aromatic hydroxyl groups is 3. The van der Waals surface area contributed by atoms with Gasteiger partial charge in [0.05, 0.1) is 3.57 Å². The fraction of sp³-hybridized carbons (Fsp3) is 0. The zero-order chi connectivity index (χ0) is 10.3. The third-order valence-electron chi connectivity index (χ3n) is 2.08. The fourth-order valence-corrected chi connectivity index (χ4v) is 2.08. The first-order chi connectivity index (χ1) is 6.63. The molecule has 3 nitrogen and oxygen atoms in total. The van der Waals surface area contributed by atoms with Crippen molar-refractivity contribution < 1.29 is 15.3 Å². The van der Waals surface area contributed by atoms with E-state index in [-0.39, 0.29) is 11.5 Å². The summed E-state index contributed by atoms with van der Waals surface area (Å²) < 4.78 is 0.536. The predicted octanol–water partition coefficient (Wildman–Crippen LogP) is 2.56. The van der Waals surface area contributed by atoms with Gasteiger partial charge in [0, 0.05) is 10.8 Å². The maximum atomic E-state index is 9.55. The zero-order valence-electron chi connectivity index (χ0n) is 7.03. The number of halogens is 1. The normalized spacial score (nSPS) is 10.6. The van der Waals surface area contributed by atoms with E-state index >= 15 is 0 Å². The summed E-state index contributed by atoms with van der Waals surface area (Å²) in [7, 11) is 0. The molecule has 0 heterocycles. The monoisotopic (exact) mass is 302 g/mol. The molecule has 2 aromatic rings. The predicted molar refractivity (Wildman–Crippen MR) is 61.7 cm³/mol. The van der Waals surface area contributed by atoms with Gasteiger partial charge >= 0.3 is 0 Å². The van der Waals surface area contributed by atoms with E-state index in [1.807, 2.05) is 22.6 Å². The maximum Gasteiger partial charge on any atom is 0.202 e. The molecule has 0 unspecified atom stereocenters. The Bertz CT molecular complexity index is 462. The second-order valence-corrected chi connectivity index (χ2v) is 3.98. The lowest BCUT2D eigenvalue weighted by molar-refractivity contribution is 0.369. The van der Waals surface area contributed by atoms with Crippen LogP contribution in [0.5, 0.6) is 17.2 Å². The number of phenolic OH excluding ortho intramolecular Hbond substituents is 3. The zero-order valence-corrected chi connectivity index (χ0v) is 9.19. The average Bonchev–Trinajstić information content (AvgIpc) is 2.23. The fourth-order valence-electron chi connectivity index (χ4n) is 1.35. The minimum absolute atomic E-state index is 0.276. The van der Waals surface area contributed by atoms with Gasteiger partial charge in [-0.1, -0.05) is 24.3 Å². The summed E-state index contributed by atoms with van der Waals surface area (Å²) >= 11 is 1.92. The van der Waals surface area contributed by atoms with E-state index in [1.165, 1.54) is 0 Å². The lowest BCUT2D eigenvalue weighted by Crippen LogP contribution is -1.82. The molecule has 0 fully saturated rings. The van der Waals surface area contributed by atoms with Crippen molar-refractivity contribution in [1.29, 1.82) is 0 Å². The molecule has 2 aromatic carbocycles. The standard InChI is InChI=1S/C10H7IO3/c11-7-5-3-1-2-4-6(5)8(12)10(14)9(7)13/h1-4,12-14H. The molecule has 0 spiro atoms. The van der Waals surface area contributed by atoms with Crippen LogP contribution in [0.4, 0.5) is 0 Å². The topological polar surface area (TPSA) is 60.7 Å². The van der Waals surface area contributed by atoms with Crippen molar-refractivity contribution in [2.45, 2.75) is 0 Å². The van der Waals surface area contributed by atoms with Crippen molar-refractivity contribution in [1.82, 2.24) is 0 Å². The maximum absolute atomic E-state index is 9.55. The molecule has 2 rings (SSSR count). The molecule has 14 heavy (non-hydrogen) atoms. The van der Waals surface area contributed by atoms with Crippen LogP contribution < -0.4 is 0 Å². The van der Waals surface area contributed by atoms with Crippen LogP contribution >= 0.6 is 22.6 Å². The van der Waals surface area contributed by atoms with Crippen molar-refractivity contribution in [3.05, 3.63) is 27.8 Å². The number of hydrogen-bond acceptors (Lipinski definition) is 3. The van der Waals surface area contributed by atoms with Crippen LogP contribution in [-0.4, -0.2) is 15.3 Å². The molecule has 0 saturated heterocycles. The van der Waals surface area contributed by atoms with Crippen LogP contribution in [0.1, 0.15) is 0 Å². The second-order valence-electron chi connectivity index (χ2n) is 2.91. The summed E-state index contributed by atoms with van der Waals surface area (Å²) in [5, 5.41) is 29.7. The average molecular weight is 302 g/mol. The molecule has 0 aliphatic heterocycles. The second kappa shape index (κ2) is 3.20. The first-order valence-corrected chi connectivity index (χ1v) is 5.02. The summed E-state index contributed by atoms with van der Waals surface area (Å²) in [6.07, 6.45) is 0. The quantitative estimate of drug-likeness (QED) is 0.518. The summed E-state index contributed by atoms with van der Waals surface area (Å²) in [5.74, 6) is -1.02. The van der Waals surface area contributed by atoms with Gasteiger partial charge in [0.1, 0.15) is 0 Å². The summed E-state index contributed by atoms with van der Waals surface area (Å²) in [6.45, 7) is 0. The molecule has 0 saturated carbocycles. The van der Waals surface area contributed by atoms with Gasteiger partial charge in [-0.25, -0.2) is 0 Å². The van der Waals surface area contributed by atoms with Crippen LogP contribution in [0.15, 0.2) is 24.3 Å². The highest BCUT2D eigenvalue weighted by Crippen LogP contribution is 2.44. The number of benzene rings is 2. The van der Waals surface area contributed by atoms with Crippen molar-refractivity contribution >= 4 is 33.4 Å². The summed E-state index contributed by atoms with van der Waals surface area (Å²) in [4.78, 5) is 0. The first-order valence-electron chi connectivity index (χ1n) is 3.94.